The van der Waals surface area contributed by atoms with Gasteiger partial charge >= 0.3 is 0 Å². The smallest absolute Gasteiger partial charge is 0.150 e. The molecule has 80 valence electrons. The minimum absolute atomic E-state index is 0.587. The fourth-order valence-electron chi connectivity index (χ4n) is 2.32. The van der Waals surface area contributed by atoms with Crippen LogP contribution in [-0.2, 0) is 0 Å². The summed E-state index contributed by atoms with van der Waals surface area (Å²) in [4.78, 5) is 10.7. The summed E-state index contributed by atoms with van der Waals surface area (Å²) in [5, 5.41) is 3.44. The number of carbonyl (C=O) groups is 1. The number of nitrogens with one attached hydrogen (secondary N) is 1. The third-order valence-corrected chi connectivity index (χ3v) is 3.14. The van der Waals surface area contributed by atoms with Crippen molar-refractivity contribution in [2.24, 2.45) is 0 Å². The van der Waals surface area contributed by atoms with E-state index in [1.165, 1.54) is 18.4 Å². The number of hydrogen-bond donors (Lipinski definition) is 1. The van der Waals surface area contributed by atoms with Crippen LogP contribution < -0.4 is 5.32 Å². The summed E-state index contributed by atoms with van der Waals surface area (Å²) in [7, 11) is 0. The van der Waals surface area contributed by atoms with Crippen molar-refractivity contribution in [2.45, 2.75) is 31.7 Å². The van der Waals surface area contributed by atoms with E-state index in [-0.39, 0.29) is 0 Å². The van der Waals surface area contributed by atoms with E-state index in [4.69, 9.17) is 0 Å². The third-order valence-electron chi connectivity index (χ3n) is 3.14. The maximum absolute atomic E-state index is 10.7. The molecular weight excluding hydrogens is 186 g/mol. The fourth-order valence-corrected chi connectivity index (χ4v) is 2.32. The number of benzene rings is 1. The van der Waals surface area contributed by atoms with Gasteiger partial charge in [0.05, 0.1) is 0 Å². The molecule has 0 amide bonds. The molecule has 1 fully saturated rings. The monoisotopic (exact) mass is 203 g/mol. The summed E-state index contributed by atoms with van der Waals surface area (Å²) in [5.41, 5.74) is 2.10. The van der Waals surface area contributed by atoms with Crippen molar-refractivity contribution in [1.82, 2.24) is 5.32 Å². The molecule has 0 saturated carbocycles. The van der Waals surface area contributed by atoms with Crippen molar-refractivity contribution in [3.8, 4) is 0 Å². The van der Waals surface area contributed by atoms with Gasteiger partial charge in [-0.05, 0) is 43.9 Å². The molecule has 2 nitrogen and oxygen atoms in total. The SMILES string of the molecule is CC1CC(c2cccc(C=O)c2)CCN1. The lowest BCUT2D eigenvalue weighted by Gasteiger charge is -2.28. The lowest BCUT2D eigenvalue weighted by atomic mass is 9.86. The Morgan fingerprint density at radius 3 is 3.07 bits per heavy atom. The summed E-state index contributed by atoms with van der Waals surface area (Å²) in [5.74, 6) is 0.612. The zero-order valence-electron chi connectivity index (χ0n) is 9.07. The number of aldehydes is 1. The van der Waals surface area contributed by atoms with E-state index >= 15 is 0 Å². The second-order valence-electron chi connectivity index (χ2n) is 4.36. The molecule has 1 heterocycles. The first-order valence-corrected chi connectivity index (χ1v) is 5.58. The molecule has 1 saturated heterocycles. The van der Waals surface area contributed by atoms with Crippen molar-refractivity contribution in [3.05, 3.63) is 35.4 Å². The van der Waals surface area contributed by atoms with Crippen LogP contribution >= 0.6 is 0 Å². The predicted octanol–water partition coefficient (Wildman–Crippen LogP) is 2.35. The first kappa shape index (κ1) is 10.4. The molecular formula is C13H17NO. The second-order valence-corrected chi connectivity index (χ2v) is 4.36. The highest BCUT2D eigenvalue weighted by Crippen LogP contribution is 2.27. The largest absolute Gasteiger partial charge is 0.314 e. The highest BCUT2D eigenvalue weighted by atomic mass is 16.1. The summed E-state index contributed by atoms with van der Waals surface area (Å²) < 4.78 is 0. The van der Waals surface area contributed by atoms with Gasteiger partial charge in [0.15, 0.2) is 0 Å². The van der Waals surface area contributed by atoms with E-state index in [9.17, 15) is 4.79 Å². The number of hydrogen-bond acceptors (Lipinski definition) is 2. The highest BCUT2D eigenvalue weighted by Gasteiger charge is 2.19. The van der Waals surface area contributed by atoms with Crippen LogP contribution in [-0.4, -0.2) is 18.9 Å². The van der Waals surface area contributed by atoms with Crippen LogP contribution in [0, 0.1) is 0 Å². The Balaban J connectivity index is 2.17. The minimum Gasteiger partial charge on any atom is -0.314 e. The van der Waals surface area contributed by atoms with Crippen LogP contribution in [0.5, 0.6) is 0 Å². The van der Waals surface area contributed by atoms with E-state index < -0.39 is 0 Å². The first-order valence-electron chi connectivity index (χ1n) is 5.58. The Bertz CT molecular complexity index is 348. The molecule has 0 spiro atoms. The average Bonchev–Trinajstić information content (AvgIpc) is 2.29. The molecule has 1 aliphatic rings. The summed E-state index contributed by atoms with van der Waals surface area (Å²) in [6.07, 6.45) is 3.27. The predicted molar refractivity (Wildman–Crippen MR) is 61.3 cm³/mol. The van der Waals surface area contributed by atoms with Crippen molar-refractivity contribution < 1.29 is 4.79 Å². The molecule has 1 aromatic carbocycles. The van der Waals surface area contributed by atoms with Crippen LogP contribution in [0.3, 0.4) is 0 Å². The molecule has 15 heavy (non-hydrogen) atoms. The average molecular weight is 203 g/mol. The van der Waals surface area contributed by atoms with Gasteiger partial charge in [-0.2, -0.15) is 0 Å². The van der Waals surface area contributed by atoms with Crippen LogP contribution in [0.15, 0.2) is 24.3 Å². The molecule has 1 N–H and O–H groups in total. The van der Waals surface area contributed by atoms with E-state index in [2.05, 4.69) is 18.3 Å². The summed E-state index contributed by atoms with van der Waals surface area (Å²) in [6.45, 7) is 3.30. The van der Waals surface area contributed by atoms with E-state index in [0.29, 0.717) is 12.0 Å². The quantitative estimate of drug-likeness (QED) is 0.747. The van der Waals surface area contributed by atoms with E-state index in [0.717, 1.165) is 18.4 Å². The van der Waals surface area contributed by atoms with Gasteiger partial charge in [0.2, 0.25) is 0 Å². The van der Waals surface area contributed by atoms with Gasteiger partial charge in [-0.25, -0.2) is 0 Å². The molecule has 0 aromatic heterocycles. The van der Waals surface area contributed by atoms with Gasteiger partial charge in [0.25, 0.3) is 0 Å². The van der Waals surface area contributed by atoms with Crippen LogP contribution in [0.2, 0.25) is 0 Å². The lowest BCUT2D eigenvalue weighted by molar-refractivity contribution is 0.112. The number of rotatable bonds is 2. The van der Waals surface area contributed by atoms with Crippen molar-refractivity contribution in [1.29, 1.82) is 0 Å². The van der Waals surface area contributed by atoms with E-state index in [1.54, 1.807) is 0 Å². The first-order chi connectivity index (χ1) is 7.29. The van der Waals surface area contributed by atoms with Gasteiger partial charge in [-0.1, -0.05) is 18.2 Å². The molecule has 1 aliphatic heterocycles. The van der Waals surface area contributed by atoms with Crippen molar-refractivity contribution >= 4 is 6.29 Å². The fraction of sp³-hybridized carbons (Fsp3) is 0.462. The molecule has 2 heteroatoms. The van der Waals surface area contributed by atoms with Gasteiger partial charge in [-0.3, -0.25) is 4.79 Å². The molecule has 2 rings (SSSR count). The van der Waals surface area contributed by atoms with Gasteiger partial charge < -0.3 is 5.32 Å². The zero-order valence-corrected chi connectivity index (χ0v) is 9.07. The minimum atomic E-state index is 0.587. The molecule has 2 unspecified atom stereocenters. The summed E-state index contributed by atoms with van der Waals surface area (Å²) >= 11 is 0. The third kappa shape index (κ3) is 2.45. The van der Waals surface area contributed by atoms with Crippen LogP contribution in [0.4, 0.5) is 0 Å². The Labute approximate surface area is 90.7 Å². The zero-order chi connectivity index (χ0) is 10.7. The Kier molecular flexibility index (Phi) is 3.17. The van der Waals surface area contributed by atoms with Gasteiger partial charge in [0, 0.05) is 11.6 Å². The standard InChI is InChI=1S/C13H17NO/c1-10-7-13(5-6-14-10)12-4-2-3-11(8-12)9-15/h2-4,8-10,13-14H,5-7H2,1H3. The van der Waals surface area contributed by atoms with Crippen molar-refractivity contribution in [3.63, 3.8) is 0 Å². The number of carbonyl (C=O) groups excluding carboxylic acids is 1. The Morgan fingerprint density at radius 2 is 2.33 bits per heavy atom. The Morgan fingerprint density at radius 1 is 1.47 bits per heavy atom. The molecule has 1 aromatic rings. The molecule has 0 aliphatic carbocycles. The number of piperidine rings is 1. The maximum Gasteiger partial charge on any atom is 0.150 e. The highest BCUT2D eigenvalue weighted by molar-refractivity contribution is 5.75. The second kappa shape index (κ2) is 4.58. The van der Waals surface area contributed by atoms with Crippen molar-refractivity contribution in [2.75, 3.05) is 6.54 Å². The molecule has 0 radical (unpaired) electrons. The van der Waals surface area contributed by atoms with Gasteiger partial charge in [0.1, 0.15) is 6.29 Å². The van der Waals surface area contributed by atoms with Crippen LogP contribution in [0.25, 0.3) is 0 Å². The van der Waals surface area contributed by atoms with E-state index in [1.807, 2.05) is 18.2 Å². The topological polar surface area (TPSA) is 29.1 Å². The molecule has 0 bridgehead atoms. The normalized spacial score (nSPS) is 26.2. The van der Waals surface area contributed by atoms with Crippen LogP contribution in [0.1, 0.15) is 41.6 Å². The Hall–Kier alpha value is -1.15. The summed E-state index contributed by atoms with van der Waals surface area (Å²) in [6, 6.07) is 8.58. The van der Waals surface area contributed by atoms with Gasteiger partial charge in [-0.15, -0.1) is 0 Å². The lowest BCUT2D eigenvalue weighted by Crippen LogP contribution is -2.34. The maximum atomic E-state index is 10.7. The molecule has 2 atom stereocenters.